The van der Waals surface area contributed by atoms with Crippen molar-refractivity contribution in [3.63, 3.8) is 0 Å². The van der Waals surface area contributed by atoms with E-state index in [1.807, 2.05) is 6.07 Å². The van der Waals surface area contributed by atoms with Crippen LogP contribution in [0.25, 0.3) is 0 Å². The van der Waals surface area contributed by atoms with Gasteiger partial charge in [-0.25, -0.2) is 4.79 Å². The molecule has 1 aliphatic rings. The van der Waals surface area contributed by atoms with Crippen molar-refractivity contribution in [3.05, 3.63) is 34.9 Å². The first-order valence-electron chi connectivity index (χ1n) is 5.22. The third-order valence-electron chi connectivity index (χ3n) is 2.88. The number of benzene rings is 1. The Morgan fingerprint density at radius 1 is 1.44 bits per heavy atom. The van der Waals surface area contributed by atoms with Crippen LogP contribution in [0.1, 0.15) is 40.9 Å². The number of fused-ring (bicyclic) bond motifs is 1. The fraction of sp³-hybridized carbons (Fsp3) is 0.333. The van der Waals surface area contributed by atoms with Crippen molar-refractivity contribution in [3.8, 4) is 0 Å². The molecule has 1 amide bonds. The van der Waals surface area contributed by atoms with Gasteiger partial charge >= 0.3 is 5.97 Å². The van der Waals surface area contributed by atoms with E-state index in [2.05, 4.69) is 5.32 Å². The molecule has 84 valence electrons. The molecule has 2 rings (SSSR count). The molecule has 16 heavy (non-hydrogen) atoms. The summed E-state index contributed by atoms with van der Waals surface area (Å²) < 4.78 is 0. The van der Waals surface area contributed by atoms with Crippen LogP contribution < -0.4 is 5.32 Å². The first kappa shape index (κ1) is 10.7. The van der Waals surface area contributed by atoms with Crippen molar-refractivity contribution < 1.29 is 14.7 Å². The molecule has 0 heterocycles. The van der Waals surface area contributed by atoms with Crippen LogP contribution in [0.2, 0.25) is 0 Å². The highest BCUT2D eigenvalue weighted by molar-refractivity contribution is 5.90. The molecule has 4 nitrogen and oxygen atoms in total. The molecule has 0 bridgehead atoms. The third-order valence-corrected chi connectivity index (χ3v) is 2.88. The maximum Gasteiger partial charge on any atom is 0.335 e. The van der Waals surface area contributed by atoms with E-state index in [4.69, 9.17) is 5.11 Å². The van der Waals surface area contributed by atoms with Gasteiger partial charge in [0.2, 0.25) is 5.91 Å². The fourth-order valence-corrected chi connectivity index (χ4v) is 2.25. The van der Waals surface area contributed by atoms with E-state index in [-0.39, 0.29) is 11.9 Å². The second-order valence-corrected chi connectivity index (χ2v) is 3.97. The first-order chi connectivity index (χ1) is 7.59. The van der Waals surface area contributed by atoms with Gasteiger partial charge in [0.1, 0.15) is 0 Å². The SMILES string of the molecule is CC(=O)NC1CCc2c(C(=O)O)cccc21. The number of nitrogens with one attached hydrogen (secondary N) is 1. The molecule has 1 unspecified atom stereocenters. The van der Waals surface area contributed by atoms with Crippen molar-refractivity contribution in [2.75, 3.05) is 0 Å². The molecule has 1 aromatic rings. The molecule has 0 saturated carbocycles. The van der Waals surface area contributed by atoms with Crippen LogP contribution in [0.15, 0.2) is 18.2 Å². The van der Waals surface area contributed by atoms with Crippen molar-refractivity contribution >= 4 is 11.9 Å². The number of hydrogen-bond acceptors (Lipinski definition) is 2. The Hall–Kier alpha value is -1.84. The lowest BCUT2D eigenvalue weighted by Crippen LogP contribution is -2.24. The number of carbonyl (C=O) groups is 2. The summed E-state index contributed by atoms with van der Waals surface area (Å²) in [5.74, 6) is -0.987. The molecule has 1 aliphatic carbocycles. The van der Waals surface area contributed by atoms with Gasteiger partial charge in [0.05, 0.1) is 11.6 Å². The zero-order valence-corrected chi connectivity index (χ0v) is 8.99. The summed E-state index contributed by atoms with van der Waals surface area (Å²) in [5, 5.41) is 11.9. The van der Waals surface area contributed by atoms with Crippen LogP contribution in [0.3, 0.4) is 0 Å². The number of hydrogen-bond donors (Lipinski definition) is 2. The van der Waals surface area contributed by atoms with Gasteiger partial charge < -0.3 is 10.4 Å². The zero-order chi connectivity index (χ0) is 11.7. The van der Waals surface area contributed by atoms with Crippen LogP contribution >= 0.6 is 0 Å². The topological polar surface area (TPSA) is 66.4 Å². The van der Waals surface area contributed by atoms with E-state index in [1.54, 1.807) is 12.1 Å². The number of rotatable bonds is 2. The average molecular weight is 219 g/mol. The average Bonchev–Trinajstić information content (AvgIpc) is 2.60. The van der Waals surface area contributed by atoms with Gasteiger partial charge in [-0.1, -0.05) is 12.1 Å². The highest BCUT2D eigenvalue weighted by Gasteiger charge is 2.26. The number of carboxylic acid groups (broad SMARTS) is 1. The van der Waals surface area contributed by atoms with Crippen LogP contribution in [0.4, 0.5) is 0 Å². The lowest BCUT2D eigenvalue weighted by Gasteiger charge is -2.12. The normalized spacial score (nSPS) is 17.9. The van der Waals surface area contributed by atoms with Crippen LogP contribution in [-0.2, 0) is 11.2 Å². The molecule has 0 spiro atoms. The van der Waals surface area contributed by atoms with E-state index < -0.39 is 5.97 Å². The summed E-state index contributed by atoms with van der Waals surface area (Å²) in [7, 11) is 0. The van der Waals surface area contributed by atoms with Gasteiger partial charge in [0.25, 0.3) is 0 Å². The molecule has 1 aromatic carbocycles. The second-order valence-electron chi connectivity index (χ2n) is 3.97. The number of amides is 1. The summed E-state index contributed by atoms with van der Waals surface area (Å²) >= 11 is 0. The van der Waals surface area contributed by atoms with Gasteiger partial charge in [-0.2, -0.15) is 0 Å². The Balaban J connectivity index is 2.37. The van der Waals surface area contributed by atoms with Crippen molar-refractivity contribution in [2.45, 2.75) is 25.8 Å². The maximum atomic E-state index is 11.0. The quantitative estimate of drug-likeness (QED) is 0.792. The summed E-state index contributed by atoms with van der Waals surface area (Å²) in [4.78, 5) is 22.0. The zero-order valence-electron chi connectivity index (χ0n) is 8.99. The predicted octanol–water partition coefficient (Wildman–Crippen LogP) is 1.51. The largest absolute Gasteiger partial charge is 0.478 e. The maximum absolute atomic E-state index is 11.0. The number of carboxylic acids is 1. The summed E-state index contributed by atoms with van der Waals surface area (Å²) in [6.07, 6.45) is 1.49. The Kier molecular flexibility index (Phi) is 2.64. The molecule has 0 aliphatic heterocycles. The molecule has 0 radical (unpaired) electrons. The van der Waals surface area contributed by atoms with E-state index in [0.29, 0.717) is 12.0 Å². The Morgan fingerprint density at radius 3 is 2.81 bits per heavy atom. The third kappa shape index (κ3) is 1.78. The van der Waals surface area contributed by atoms with E-state index >= 15 is 0 Å². The van der Waals surface area contributed by atoms with Gasteiger partial charge in [0.15, 0.2) is 0 Å². The van der Waals surface area contributed by atoms with Crippen LogP contribution in [0.5, 0.6) is 0 Å². The molecule has 2 N–H and O–H groups in total. The lowest BCUT2D eigenvalue weighted by atomic mass is 10.0. The molecule has 4 heteroatoms. The van der Waals surface area contributed by atoms with Crippen molar-refractivity contribution in [2.24, 2.45) is 0 Å². The Labute approximate surface area is 93.3 Å². The fourth-order valence-electron chi connectivity index (χ4n) is 2.25. The van der Waals surface area contributed by atoms with Crippen LogP contribution in [-0.4, -0.2) is 17.0 Å². The Morgan fingerprint density at radius 2 is 2.19 bits per heavy atom. The lowest BCUT2D eigenvalue weighted by molar-refractivity contribution is -0.119. The minimum absolute atomic E-state index is 0.0354. The highest BCUT2D eigenvalue weighted by atomic mass is 16.4. The minimum atomic E-state index is -0.902. The van der Waals surface area contributed by atoms with Gasteiger partial charge in [-0.3, -0.25) is 4.79 Å². The summed E-state index contributed by atoms with van der Waals surface area (Å²) in [5.41, 5.74) is 2.15. The first-order valence-corrected chi connectivity index (χ1v) is 5.22. The monoisotopic (exact) mass is 219 g/mol. The smallest absolute Gasteiger partial charge is 0.335 e. The molecular weight excluding hydrogens is 206 g/mol. The van der Waals surface area contributed by atoms with E-state index in [1.165, 1.54) is 6.92 Å². The standard InChI is InChI=1S/C12H13NO3/c1-7(14)13-11-6-5-8-9(11)3-2-4-10(8)12(15)16/h2-4,11H,5-6H2,1H3,(H,13,14)(H,15,16). The predicted molar refractivity (Wildman–Crippen MR) is 58.3 cm³/mol. The molecule has 0 fully saturated rings. The van der Waals surface area contributed by atoms with Gasteiger partial charge in [-0.05, 0) is 30.0 Å². The van der Waals surface area contributed by atoms with Crippen LogP contribution in [0, 0.1) is 0 Å². The molecular formula is C12H13NO3. The summed E-state index contributed by atoms with van der Waals surface area (Å²) in [6, 6.07) is 5.18. The summed E-state index contributed by atoms with van der Waals surface area (Å²) in [6.45, 7) is 1.47. The van der Waals surface area contributed by atoms with Gasteiger partial charge in [0, 0.05) is 6.92 Å². The molecule has 1 atom stereocenters. The highest BCUT2D eigenvalue weighted by Crippen LogP contribution is 2.33. The van der Waals surface area contributed by atoms with Crippen molar-refractivity contribution in [1.29, 1.82) is 0 Å². The number of carbonyl (C=O) groups excluding carboxylic acids is 1. The Bertz CT molecular complexity index is 454. The van der Waals surface area contributed by atoms with E-state index in [9.17, 15) is 9.59 Å². The molecule has 0 saturated heterocycles. The second kappa shape index (κ2) is 3.96. The minimum Gasteiger partial charge on any atom is -0.478 e. The van der Waals surface area contributed by atoms with Crippen molar-refractivity contribution in [1.82, 2.24) is 5.32 Å². The van der Waals surface area contributed by atoms with E-state index in [0.717, 1.165) is 17.5 Å². The van der Waals surface area contributed by atoms with Gasteiger partial charge in [-0.15, -0.1) is 0 Å². The number of aromatic carboxylic acids is 1. The molecule has 0 aromatic heterocycles.